The quantitative estimate of drug-likeness (QED) is 0.378. The summed E-state index contributed by atoms with van der Waals surface area (Å²) < 4.78 is 8.78. The Morgan fingerprint density at radius 3 is 2.31 bits per heavy atom. The number of hydrogen-bond acceptors (Lipinski definition) is 3. The van der Waals surface area contributed by atoms with Crippen molar-refractivity contribution in [3.8, 4) is 0 Å². The van der Waals surface area contributed by atoms with Crippen LogP contribution in [0.25, 0.3) is 27.6 Å². The Bertz CT molecular complexity index is 1360. The molecule has 148 valence electrons. The van der Waals surface area contributed by atoms with E-state index in [0.717, 1.165) is 46.2 Å². The van der Waals surface area contributed by atoms with Crippen molar-refractivity contribution in [1.29, 1.82) is 0 Å². The number of nitrogens with zero attached hydrogens (tertiary/aromatic N) is 3. The Morgan fingerprint density at radius 2 is 1.62 bits per heavy atom. The zero-order chi connectivity index (χ0) is 20.3. The van der Waals surface area contributed by atoms with E-state index in [1.807, 2.05) is 0 Å². The summed E-state index contributed by atoms with van der Waals surface area (Å²) >= 11 is 0. The first-order chi connectivity index (χ1) is 13.6. The summed E-state index contributed by atoms with van der Waals surface area (Å²) in [6.07, 6.45) is 2.15. The molecular formula is C25H27N3O. The second-order valence-electron chi connectivity index (χ2n) is 10.4. The Labute approximate surface area is 170 Å². The lowest BCUT2D eigenvalue weighted by atomic mass is 9.78. The fraction of sp³-hybridized carbons (Fsp3) is 0.440. The molecule has 2 atom stereocenters. The molecule has 2 unspecified atom stereocenters. The van der Waals surface area contributed by atoms with Crippen molar-refractivity contribution in [2.24, 2.45) is 0 Å². The highest BCUT2D eigenvalue weighted by atomic mass is 16.5. The third-order valence-electron chi connectivity index (χ3n) is 6.97. The molecule has 0 spiro atoms. The fourth-order valence-electron chi connectivity index (χ4n) is 5.44. The fourth-order valence-corrected chi connectivity index (χ4v) is 5.44. The average Bonchev–Trinajstić information content (AvgIpc) is 3.23. The van der Waals surface area contributed by atoms with Gasteiger partial charge in [0.25, 0.3) is 0 Å². The van der Waals surface area contributed by atoms with Crippen LogP contribution in [0.15, 0.2) is 30.3 Å². The van der Waals surface area contributed by atoms with Crippen molar-refractivity contribution in [1.82, 2.24) is 14.4 Å². The maximum atomic E-state index is 6.50. The predicted octanol–water partition coefficient (Wildman–Crippen LogP) is 5.90. The van der Waals surface area contributed by atoms with Crippen molar-refractivity contribution in [3.05, 3.63) is 52.8 Å². The first-order valence-electron chi connectivity index (χ1n) is 10.6. The van der Waals surface area contributed by atoms with Crippen LogP contribution in [-0.2, 0) is 21.4 Å². The Morgan fingerprint density at radius 1 is 0.931 bits per heavy atom. The summed E-state index contributed by atoms with van der Waals surface area (Å²) in [7, 11) is 0. The van der Waals surface area contributed by atoms with Crippen LogP contribution in [0.4, 0.5) is 0 Å². The van der Waals surface area contributed by atoms with Crippen LogP contribution in [0.2, 0.25) is 0 Å². The summed E-state index contributed by atoms with van der Waals surface area (Å²) in [6, 6.07) is 11.1. The zero-order valence-corrected chi connectivity index (χ0v) is 18.1. The number of ether oxygens (including phenoxy) is 1. The average molecular weight is 386 g/mol. The van der Waals surface area contributed by atoms with Gasteiger partial charge < -0.3 is 4.74 Å². The van der Waals surface area contributed by atoms with Gasteiger partial charge in [-0.15, -0.1) is 0 Å². The highest BCUT2D eigenvalue weighted by molar-refractivity contribution is 5.97. The number of benzene rings is 2. The second kappa shape index (κ2) is 4.99. The lowest BCUT2D eigenvalue weighted by molar-refractivity contribution is -0.0661. The normalized spacial score (nSPS) is 26.1. The van der Waals surface area contributed by atoms with Crippen LogP contribution in [0.1, 0.15) is 70.0 Å². The van der Waals surface area contributed by atoms with Gasteiger partial charge >= 0.3 is 0 Å². The lowest BCUT2D eigenvalue weighted by Crippen LogP contribution is -2.20. The molecule has 2 aromatic heterocycles. The summed E-state index contributed by atoms with van der Waals surface area (Å²) in [5, 5.41) is 1.11. The van der Waals surface area contributed by atoms with E-state index in [0.29, 0.717) is 0 Å². The molecule has 0 aliphatic carbocycles. The van der Waals surface area contributed by atoms with Gasteiger partial charge in [-0.05, 0) is 74.6 Å². The van der Waals surface area contributed by atoms with E-state index in [4.69, 9.17) is 14.7 Å². The molecule has 2 aliphatic heterocycles. The maximum Gasteiger partial charge on any atom is 0.148 e. The van der Waals surface area contributed by atoms with Crippen LogP contribution in [0.5, 0.6) is 0 Å². The van der Waals surface area contributed by atoms with Crippen LogP contribution in [0, 0.1) is 6.92 Å². The molecule has 4 heterocycles. The Kier molecular flexibility index (Phi) is 2.99. The topological polar surface area (TPSA) is 39.4 Å². The monoisotopic (exact) mass is 385 g/mol. The Balaban J connectivity index is 1.80. The van der Waals surface area contributed by atoms with E-state index >= 15 is 0 Å². The number of fused-ring (bicyclic) bond motifs is 10. The van der Waals surface area contributed by atoms with Gasteiger partial charge in [0.2, 0.25) is 0 Å². The van der Waals surface area contributed by atoms with Gasteiger partial charge in [-0.3, -0.25) is 4.40 Å². The predicted molar refractivity (Wildman–Crippen MR) is 116 cm³/mol. The highest BCUT2D eigenvalue weighted by Gasteiger charge is 2.54. The Hall–Kier alpha value is -2.46. The minimum absolute atomic E-state index is 0.103. The van der Waals surface area contributed by atoms with E-state index in [1.54, 1.807) is 0 Å². The molecule has 4 aromatic rings. The van der Waals surface area contributed by atoms with Crippen molar-refractivity contribution in [2.75, 3.05) is 0 Å². The summed E-state index contributed by atoms with van der Waals surface area (Å²) in [5.74, 6) is 1.05. The van der Waals surface area contributed by atoms with E-state index in [9.17, 15) is 0 Å². The van der Waals surface area contributed by atoms with Gasteiger partial charge in [-0.1, -0.05) is 26.8 Å². The van der Waals surface area contributed by atoms with E-state index in [-0.39, 0.29) is 16.6 Å². The molecule has 0 saturated carbocycles. The first-order valence-corrected chi connectivity index (χ1v) is 10.6. The molecule has 0 N–H and O–H groups in total. The van der Waals surface area contributed by atoms with E-state index in [1.165, 1.54) is 16.7 Å². The van der Waals surface area contributed by atoms with Crippen molar-refractivity contribution in [3.63, 3.8) is 0 Å². The molecule has 6 rings (SSSR count). The molecule has 4 nitrogen and oxygen atoms in total. The third-order valence-corrected chi connectivity index (χ3v) is 6.97. The first kappa shape index (κ1) is 17.4. The number of rotatable bonds is 0. The number of aryl methyl sites for hydroxylation is 1. The molecule has 0 amide bonds. The SMILES string of the molecule is Cc1ccc2c(c1)nc(C(C)(C)C)n1c3cc4c(cc3nc21)C1(C)CCC4(C)O1. The lowest BCUT2D eigenvalue weighted by Gasteiger charge is -2.23. The van der Waals surface area contributed by atoms with Gasteiger partial charge in [0.15, 0.2) is 0 Å². The molecule has 29 heavy (non-hydrogen) atoms. The molecule has 2 aliphatic rings. The minimum Gasteiger partial charge on any atom is -0.360 e. The zero-order valence-electron chi connectivity index (χ0n) is 18.1. The standard InChI is InChI=1S/C25H27N3O/c1-14-7-8-15-18(11-14)27-22(23(2,3)4)28-20-13-17-16(12-19(20)26-21(15)28)24(5)9-10-25(17,6)29-24/h7-8,11-13H,9-10H2,1-6H3. The van der Waals surface area contributed by atoms with Gasteiger partial charge in [0.05, 0.1) is 27.8 Å². The van der Waals surface area contributed by atoms with Gasteiger partial charge in [-0.25, -0.2) is 9.97 Å². The van der Waals surface area contributed by atoms with Crippen LogP contribution < -0.4 is 0 Å². The second-order valence-corrected chi connectivity index (χ2v) is 10.4. The van der Waals surface area contributed by atoms with Gasteiger partial charge in [-0.2, -0.15) is 0 Å². The summed E-state index contributed by atoms with van der Waals surface area (Å²) in [6.45, 7) is 13.3. The third kappa shape index (κ3) is 2.13. The molecule has 4 heteroatoms. The van der Waals surface area contributed by atoms with Crippen LogP contribution >= 0.6 is 0 Å². The minimum atomic E-state index is -0.189. The number of aromatic nitrogens is 3. The smallest absolute Gasteiger partial charge is 0.148 e. The van der Waals surface area contributed by atoms with E-state index in [2.05, 4.69) is 76.3 Å². The van der Waals surface area contributed by atoms with Crippen molar-refractivity contribution >= 4 is 27.6 Å². The van der Waals surface area contributed by atoms with Gasteiger partial charge in [0, 0.05) is 10.8 Å². The largest absolute Gasteiger partial charge is 0.360 e. The maximum absolute atomic E-state index is 6.50. The molecule has 2 bridgehead atoms. The highest BCUT2D eigenvalue weighted by Crippen LogP contribution is 2.58. The molecule has 2 aromatic carbocycles. The number of imidazole rings is 1. The molecule has 1 saturated heterocycles. The molecular weight excluding hydrogens is 358 g/mol. The molecule has 1 fully saturated rings. The summed E-state index contributed by atoms with van der Waals surface area (Å²) in [4.78, 5) is 10.3. The van der Waals surface area contributed by atoms with Crippen molar-refractivity contribution in [2.45, 2.75) is 71.0 Å². The van der Waals surface area contributed by atoms with Crippen LogP contribution in [-0.4, -0.2) is 14.4 Å². The van der Waals surface area contributed by atoms with Gasteiger partial charge in [0.1, 0.15) is 11.5 Å². The van der Waals surface area contributed by atoms with E-state index < -0.39 is 0 Å². The van der Waals surface area contributed by atoms with Crippen molar-refractivity contribution < 1.29 is 4.74 Å². The van der Waals surface area contributed by atoms with Crippen LogP contribution in [0.3, 0.4) is 0 Å². The molecule has 0 radical (unpaired) electrons. The summed E-state index contributed by atoms with van der Waals surface area (Å²) in [5.41, 5.74) is 7.58. The number of hydrogen-bond donors (Lipinski definition) is 0.